The molecule has 2 N–H and O–H groups in total. The molecule has 0 saturated heterocycles. The molecule has 0 fully saturated rings. The Kier molecular flexibility index (Phi) is 5.48. The average Bonchev–Trinajstić information content (AvgIpc) is 2.52. The van der Waals surface area contributed by atoms with E-state index in [4.69, 9.17) is 4.74 Å². The summed E-state index contributed by atoms with van der Waals surface area (Å²) in [5.41, 5.74) is 3.15. The second-order valence-corrected chi connectivity index (χ2v) is 4.35. The molecule has 0 radical (unpaired) electrons. The smallest absolute Gasteiger partial charge is 0.335 e. The third-order valence-electron chi connectivity index (χ3n) is 2.65. The van der Waals surface area contributed by atoms with Gasteiger partial charge in [0.15, 0.2) is 0 Å². The number of nitrogens with one attached hydrogen (secondary N) is 2. The van der Waals surface area contributed by atoms with Gasteiger partial charge in [-0.3, -0.25) is 0 Å². The Bertz CT molecular complexity index is 639. The minimum absolute atomic E-state index is 0.307. The van der Waals surface area contributed by atoms with Gasteiger partial charge in [-0.05, 0) is 61.0 Å². The highest BCUT2D eigenvalue weighted by molar-refractivity contribution is 5.81. The first kappa shape index (κ1) is 15.5. The molecule has 0 aliphatic carbocycles. The van der Waals surface area contributed by atoms with Crippen molar-refractivity contribution in [3.63, 3.8) is 0 Å². The Morgan fingerprint density at radius 2 is 1.73 bits per heavy atom. The minimum Gasteiger partial charge on any atom is -0.457 e. The molecule has 0 aliphatic rings. The van der Waals surface area contributed by atoms with Crippen molar-refractivity contribution in [2.45, 2.75) is 6.92 Å². The number of halogens is 1. The van der Waals surface area contributed by atoms with Crippen LogP contribution < -0.4 is 15.5 Å². The number of hydrazone groups is 1. The minimum atomic E-state index is -0.352. The molecule has 0 saturated carbocycles. The lowest BCUT2D eigenvalue weighted by Gasteiger charge is -2.05. The van der Waals surface area contributed by atoms with Crippen molar-refractivity contribution in [3.8, 4) is 11.5 Å². The van der Waals surface area contributed by atoms with Crippen LogP contribution >= 0.6 is 0 Å². The van der Waals surface area contributed by atoms with Gasteiger partial charge in [0.2, 0.25) is 0 Å². The Morgan fingerprint density at radius 1 is 1.14 bits per heavy atom. The first-order chi connectivity index (χ1) is 10.7. The van der Waals surface area contributed by atoms with Crippen LogP contribution in [0.25, 0.3) is 0 Å². The van der Waals surface area contributed by atoms with Crippen LogP contribution in [0.1, 0.15) is 12.5 Å². The van der Waals surface area contributed by atoms with E-state index in [1.54, 1.807) is 36.4 Å². The summed E-state index contributed by atoms with van der Waals surface area (Å²) in [7, 11) is 0. The van der Waals surface area contributed by atoms with Crippen molar-refractivity contribution in [2.75, 3.05) is 6.54 Å². The van der Waals surface area contributed by atoms with Gasteiger partial charge in [-0.25, -0.2) is 14.6 Å². The molecule has 2 aromatic rings. The van der Waals surface area contributed by atoms with Gasteiger partial charge >= 0.3 is 6.03 Å². The summed E-state index contributed by atoms with van der Waals surface area (Å²) in [5.74, 6) is 0.875. The van der Waals surface area contributed by atoms with E-state index >= 15 is 0 Å². The van der Waals surface area contributed by atoms with Crippen molar-refractivity contribution >= 4 is 12.2 Å². The fourth-order valence-electron chi connectivity index (χ4n) is 1.63. The van der Waals surface area contributed by atoms with E-state index in [1.165, 1.54) is 18.3 Å². The zero-order chi connectivity index (χ0) is 15.8. The molecule has 22 heavy (non-hydrogen) atoms. The molecule has 6 heteroatoms. The molecule has 0 bridgehead atoms. The number of hydrogen-bond acceptors (Lipinski definition) is 3. The highest BCUT2D eigenvalue weighted by atomic mass is 19.1. The standard InChI is InChI=1S/C16H16FN3O2/c1-2-18-16(21)20-19-11-12-3-7-14(8-4-12)22-15-9-5-13(17)6-10-15/h3-11H,2H2,1H3,(H2,18,20,21). The molecule has 0 atom stereocenters. The van der Waals surface area contributed by atoms with E-state index in [0.717, 1.165) is 5.56 Å². The third-order valence-corrected chi connectivity index (χ3v) is 2.65. The molecule has 0 aromatic heterocycles. The first-order valence-electron chi connectivity index (χ1n) is 6.78. The summed E-state index contributed by atoms with van der Waals surface area (Å²) < 4.78 is 18.4. The second-order valence-electron chi connectivity index (χ2n) is 4.35. The number of ether oxygens (including phenoxy) is 1. The van der Waals surface area contributed by atoms with Gasteiger partial charge < -0.3 is 10.1 Å². The number of carbonyl (C=O) groups is 1. The molecule has 2 aromatic carbocycles. The number of benzene rings is 2. The van der Waals surface area contributed by atoms with Gasteiger partial charge in [0, 0.05) is 6.54 Å². The molecule has 0 heterocycles. The summed E-state index contributed by atoms with van der Waals surface area (Å²) in [6.07, 6.45) is 1.52. The van der Waals surface area contributed by atoms with Crippen molar-refractivity contribution in [3.05, 3.63) is 59.9 Å². The molecular formula is C16H16FN3O2. The van der Waals surface area contributed by atoms with Gasteiger partial charge in [-0.15, -0.1) is 0 Å². The SMILES string of the molecule is CCNC(=O)NN=Cc1ccc(Oc2ccc(F)cc2)cc1. The lowest BCUT2D eigenvalue weighted by Crippen LogP contribution is -2.31. The molecular weight excluding hydrogens is 285 g/mol. The number of nitrogens with zero attached hydrogens (tertiary/aromatic N) is 1. The van der Waals surface area contributed by atoms with Crippen LogP contribution in [0.2, 0.25) is 0 Å². The second kappa shape index (κ2) is 7.78. The molecule has 114 valence electrons. The lowest BCUT2D eigenvalue weighted by atomic mass is 10.2. The molecule has 2 amide bonds. The van der Waals surface area contributed by atoms with E-state index in [0.29, 0.717) is 18.0 Å². The van der Waals surface area contributed by atoms with Gasteiger partial charge in [-0.1, -0.05) is 0 Å². The first-order valence-corrected chi connectivity index (χ1v) is 6.78. The molecule has 0 unspecified atom stereocenters. The fraction of sp³-hybridized carbons (Fsp3) is 0.125. The Hall–Kier alpha value is -2.89. The van der Waals surface area contributed by atoms with Crippen LogP contribution in [-0.2, 0) is 0 Å². The fourth-order valence-corrected chi connectivity index (χ4v) is 1.63. The van der Waals surface area contributed by atoms with Gasteiger partial charge in [0.1, 0.15) is 17.3 Å². The maximum Gasteiger partial charge on any atom is 0.335 e. The summed E-state index contributed by atoms with van der Waals surface area (Å²) in [6, 6.07) is 12.5. The van der Waals surface area contributed by atoms with Crippen LogP contribution in [-0.4, -0.2) is 18.8 Å². The Labute approximate surface area is 127 Å². The van der Waals surface area contributed by atoms with Gasteiger partial charge in [-0.2, -0.15) is 5.10 Å². The number of amides is 2. The number of carbonyl (C=O) groups excluding carboxylic acids is 1. The quantitative estimate of drug-likeness (QED) is 0.657. The number of urea groups is 1. The summed E-state index contributed by atoms with van der Waals surface area (Å²) >= 11 is 0. The summed E-state index contributed by atoms with van der Waals surface area (Å²) in [4.78, 5) is 11.1. The van der Waals surface area contributed by atoms with Crippen LogP contribution in [0.3, 0.4) is 0 Å². The Balaban J connectivity index is 1.91. The summed E-state index contributed by atoms with van der Waals surface area (Å²) in [5, 5.41) is 6.38. The van der Waals surface area contributed by atoms with E-state index in [-0.39, 0.29) is 11.8 Å². The normalized spacial score (nSPS) is 10.5. The highest BCUT2D eigenvalue weighted by Gasteiger charge is 1.98. The summed E-state index contributed by atoms with van der Waals surface area (Å²) in [6.45, 7) is 2.36. The van der Waals surface area contributed by atoms with Crippen molar-refractivity contribution in [1.82, 2.24) is 10.7 Å². The maximum atomic E-state index is 12.8. The largest absolute Gasteiger partial charge is 0.457 e. The van der Waals surface area contributed by atoms with E-state index in [2.05, 4.69) is 15.8 Å². The third kappa shape index (κ3) is 4.90. The van der Waals surface area contributed by atoms with Crippen LogP contribution in [0.15, 0.2) is 53.6 Å². The predicted molar refractivity (Wildman–Crippen MR) is 82.7 cm³/mol. The molecule has 0 spiro atoms. The van der Waals surface area contributed by atoms with E-state index in [9.17, 15) is 9.18 Å². The van der Waals surface area contributed by atoms with Gasteiger partial charge in [0.05, 0.1) is 6.21 Å². The maximum absolute atomic E-state index is 12.8. The average molecular weight is 301 g/mol. The van der Waals surface area contributed by atoms with E-state index in [1.807, 2.05) is 6.92 Å². The van der Waals surface area contributed by atoms with Crippen molar-refractivity contribution < 1.29 is 13.9 Å². The zero-order valence-electron chi connectivity index (χ0n) is 12.0. The number of rotatable bonds is 5. The predicted octanol–water partition coefficient (Wildman–Crippen LogP) is 3.27. The van der Waals surface area contributed by atoms with E-state index < -0.39 is 0 Å². The molecule has 0 aliphatic heterocycles. The highest BCUT2D eigenvalue weighted by Crippen LogP contribution is 2.21. The van der Waals surface area contributed by atoms with Crippen LogP contribution in [0.4, 0.5) is 9.18 Å². The van der Waals surface area contributed by atoms with Crippen LogP contribution in [0, 0.1) is 5.82 Å². The molecule has 2 rings (SSSR count). The molecule has 5 nitrogen and oxygen atoms in total. The number of hydrogen-bond donors (Lipinski definition) is 2. The lowest BCUT2D eigenvalue weighted by molar-refractivity contribution is 0.242. The van der Waals surface area contributed by atoms with Gasteiger partial charge in [0.25, 0.3) is 0 Å². The monoisotopic (exact) mass is 301 g/mol. The zero-order valence-corrected chi connectivity index (χ0v) is 12.0. The van der Waals surface area contributed by atoms with Crippen molar-refractivity contribution in [2.24, 2.45) is 5.10 Å². The van der Waals surface area contributed by atoms with Crippen LogP contribution in [0.5, 0.6) is 11.5 Å². The topological polar surface area (TPSA) is 62.7 Å². The Morgan fingerprint density at radius 3 is 2.32 bits per heavy atom. The van der Waals surface area contributed by atoms with Crippen molar-refractivity contribution in [1.29, 1.82) is 0 Å².